The van der Waals surface area contributed by atoms with Crippen LogP contribution < -0.4 is 14.8 Å². The van der Waals surface area contributed by atoms with E-state index >= 15 is 0 Å². The number of ether oxygens (including phenoxy) is 2. The van der Waals surface area contributed by atoms with E-state index in [0.717, 1.165) is 21.0 Å². The average molecular weight is 484 g/mol. The molecule has 0 fully saturated rings. The number of carbonyl (C=O) groups excluding carboxylic acids is 1. The number of halogens is 1. The molecule has 7 nitrogen and oxygen atoms in total. The fraction of sp³-hybridized carbons (Fsp3) is 0.217. The smallest absolute Gasteiger partial charge is 0.288 e. The van der Waals surface area contributed by atoms with Crippen molar-refractivity contribution in [3.05, 3.63) is 76.0 Å². The molecule has 1 atom stereocenters. The predicted molar refractivity (Wildman–Crippen MR) is 121 cm³/mol. The molecule has 2 aromatic carbocycles. The number of hydrogen-bond donors (Lipinski definition) is 1. The quantitative estimate of drug-likeness (QED) is 0.427. The highest BCUT2D eigenvalue weighted by atomic mass is 79.9. The molecule has 0 bridgehead atoms. The lowest BCUT2D eigenvalue weighted by molar-refractivity contribution is 0.0914. The number of imidazole rings is 1. The Balaban J connectivity index is 1.77. The van der Waals surface area contributed by atoms with E-state index in [1.807, 2.05) is 55.1 Å². The van der Waals surface area contributed by atoms with Crippen LogP contribution >= 0.6 is 15.9 Å². The number of methoxy groups -OCH3 is 2. The van der Waals surface area contributed by atoms with Gasteiger partial charge < -0.3 is 23.8 Å². The lowest BCUT2D eigenvalue weighted by Crippen LogP contribution is -2.31. The minimum atomic E-state index is -0.546. The molecule has 0 aliphatic carbocycles. The highest BCUT2D eigenvalue weighted by molar-refractivity contribution is 9.10. The highest BCUT2D eigenvalue weighted by Gasteiger charge is 2.26. The van der Waals surface area contributed by atoms with Gasteiger partial charge in [0.25, 0.3) is 5.91 Å². The second-order valence-electron chi connectivity index (χ2n) is 7.15. The van der Waals surface area contributed by atoms with E-state index in [0.29, 0.717) is 22.9 Å². The molecule has 1 N–H and O–H groups in total. The van der Waals surface area contributed by atoms with Gasteiger partial charge in [0, 0.05) is 40.9 Å². The van der Waals surface area contributed by atoms with Crippen molar-refractivity contribution in [3.8, 4) is 11.5 Å². The Morgan fingerprint density at radius 1 is 1.16 bits per heavy atom. The summed E-state index contributed by atoms with van der Waals surface area (Å²) in [6.45, 7) is 1.87. The number of fused-ring (bicyclic) bond motifs is 1. The number of aryl methyl sites for hydroxylation is 2. The molecule has 4 rings (SSSR count). The third kappa shape index (κ3) is 4.03. The van der Waals surface area contributed by atoms with Crippen LogP contribution in [-0.2, 0) is 7.05 Å². The van der Waals surface area contributed by atoms with Crippen LogP contribution in [0, 0.1) is 6.92 Å². The standard InChI is InChI=1S/C23H22BrN3O4/c1-13-18-11-15(24)5-6-19(18)31-21(13)23(28)26-20(22-25-7-8-27(22)2)14-9-16(29-3)12-17(10-14)30-4/h5-12,20H,1-4H3,(H,26,28). The molecule has 2 aromatic heterocycles. The lowest BCUT2D eigenvalue weighted by Gasteiger charge is -2.20. The van der Waals surface area contributed by atoms with Gasteiger partial charge in [0.1, 0.15) is 28.9 Å². The topological polar surface area (TPSA) is 78.5 Å². The fourth-order valence-corrected chi connectivity index (χ4v) is 3.92. The number of furan rings is 1. The van der Waals surface area contributed by atoms with Crippen LogP contribution in [0.15, 0.2) is 57.7 Å². The molecule has 2 heterocycles. The maximum Gasteiger partial charge on any atom is 0.288 e. The number of rotatable bonds is 6. The van der Waals surface area contributed by atoms with Crippen molar-refractivity contribution in [2.45, 2.75) is 13.0 Å². The van der Waals surface area contributed by atoms with Gasteiger partial charge in [-0.1, -0.05) is 15.9 Å². The largest absolute Gasteiger partial charge is 0.497 e. The van der Waals surface area contributed by atoms with Gasteiger partial charge in [-0.2, -0.15) is 0 Å². The molecule has 0 aliphatic heterocycles. The summed E-state index contributed by atoms with van der Waals surface area (Å²) in [7, 11) is 5.05. The van der Waals surface area contributed by atoms with Gasteiger partial charge in [-0.25, -0.2) is 4.98 Å². The maximum absolute atomic E-state index is 13.3. The molecule has 0 spiro atoms. The van der Waals surface area contributed by atoms with E-state index in [2.05, 4.69) is 26.2 Å². The Morgan fingerprint density at radius 2 is 1.87 bits per heavy atom. The second kappa shape index (κ2) is 8.47. The third-order valence-electron chi connectivity index (χ3n) is 5.20. The summed E-state index contributed by atoms with van der Waals surface area (Å²) in [5, 5.41) is 3.96. The molecule has 160 valence electrons. The first kappa shape index (κ1) is 21.0. The molecule has 31 heavy (non-hydrogen) atoms. The molecule has 0 saturated carbocycles. The van der Waals surface area contributed by atoms with Gasteiger partial charge in [-0.05, 0) is 42.8 Å². The molecule has 1 unspecified atom stereocenters. The van der Waals surface area contributed by atoms with Crippen molar-refractivity contribution in [3.63, 3.8) is 0 Å². The molecule has 0 saturated heterocycles. The van der Waals surface area contributed by atoms with Gasteiger partial charge in [-0.15, -0.1) is 0 Å². The Hall–Kier alpha value is -3.26. The number of hydrogen-bond acceptors (Lipinski definition) is 5. The summed E-state index contributed by atoms with van der Waals surface area (Å²) in [6.07, 6.45) is 3.52. The van der Waals surface area contributed by atoms with Gasteiger partial charge >= 0.3 is 0 Å². The average Bonchev–Trinajstić information content (AvgIpc) is 3.34. The monoisotopic (exact) mass is 483 g/mol. The summed E-state index contributed by atoms with van der Waals surface area (Å²) in [4.78, 5) is 17.8. The van der Waals surface area contributed by atoms with Crippen molar-refractivity contribution in [2.24, 2.45) is 7.05 Å². The van der Waals surface area contributed by atoms with Crippen molar-refractivity contribution in [1.29, 1.82) is 0 Å². The number of aromatic nitrogens is 2. The Morgan fingerprint density at radius 3 is 2.48 bits per heavy atom. The van der Waals surface area contributed by atoms with E-state index in [1.54, 1.807) is 26.5 Å². The van der Waals surface area contributed by atoms with E-state index in [9.17, 15) is 4.79 Å². The minimum absolute atomic E-state index is 0.266. The van der Waals surface area contributed by atoms with E-state index in [-0.39, 0.29) is 11.7 Å². The molecular formula is C23H22BrN3O4. The first-order chi connectivity index (χ1) is 14.9. The van der Waals surface area contributed by atoms with Crippen LogP contribution in [-0.4, -0.2) is 29.7 Å². The van der Waals surface area contributed by atoms with Crippen molar-refractivity contribution in [1.82, 2.24) is 14.9 Å². The van der Waals surface area contributed by atoms with E-state index in [1.165, 1.54) is 0 Å². The Bertz CT molecular complexity index is 1240. The Labute approximate surface area is 188 Å². The zero-order chi connectivity index (χ0) is 22.1. The second-order valence-corrected chi connectivity index (χ2v) is 8.06. The molecule has 1 amide bonds. The van der Waals surface area contributed by atoms with Crippen molar-refractivity contribution in [2.75, 3.05) is 14.2 Å². The Kier molecular flexibility index (Phi) is 5.73. The summed E-state index contributed by atoms with van der Waals surface area (Å²) in [5.41, 5.74) is 2.20. The highest BCUT2D eigenvalue weighted by Crippen LogP contribution is 2.31. The zero-order valence-corrected chi connectivity index (χ0v) is 19.2. The van der Waals surface area contributed by atoms with Crippen LogP contribution in [0.1, 0.15) is 33.5 Å². The van der Waals surface area contributed by atoms with Crippen LogP contribution in [0.2, 0.25) is 0 Å². The predicted octanol–water partition coefficient (Wildman–Crippen LogP) is 4.77. The summed E-state index contributed by atoms with van der Waals surface area (Å²) in [5.74, 6) is 1.84. The lowest BCUT2D eigenvalue weighted by atomic mass is 10.0. The normalized spacial score (nSPS) is 12.0. The van der Waals surface area contributed by atoms with Crippen LogP contribution in [0.3, 0.4) is 0 Å². The minimum Gasteiger partial charge on any atom is -0.497 e. The van der Waals surface area contributed by atoms with Gasteiger partial charge in [0.15, 0.2) is 5.76 Å². The van der Waals surface area contributed by atoms with Crippen molar-refractivity contribution < 1.29 is 18.7 Å². The molecule has 0 radical (unpaired) electrons. The third-order valence-corrected chi connectivity index (χ3v) is 5.70. The number of benzene rings is 2. The molecule has 0 aliphatic rings. The summed E-state index contributed by atoms with van der Waals surface area (Å²) in [6, 6.07) is 10.6. The number of carbonyl (C=O) groups is 1. The summed E-state index contributed by atoms with van der Waals surface area (Å²) >= 11 is 3.47. The number of nitrogens with one attached hydrogen (secondary N) is 1. The molecule has 4 aromatic rings. The zero-order valence-electron chi connectivity index (χ0n) is 17.6. The van der Waals surface area contributed by atoms with E-state index < -0.39 is 6.04 Å². The number of amides is 1. The van der Waals surface area contributed by atoms with Gasteiger partial charge in [-0.3, -0.25) is 4.79 Å². The first-order valence-corrected chi connectivity index (χ1v) is 10.4. The van der Waals surface area contributed by atoms with Crippen molar-refractivity contribution >= 4 is 32.8 Å². The van der Waals surface area contributed by atoms with Crippen LogP contribution in [0.4, 0.5) is 0 Å². The van der Waals surface area contributed by atoms with Gasteiger partial charge in [0.05, 0.1) is 14.2 Å². The molecule has 8 heteroatoms. The SMILES string of the molecule is COc1cc(OC)cc(C(NC(=O)c2oc3ccc(Br)cc3c2C)c2nccn2C)c1. The fourth-order valence-electron chi connectivity index (χ4n) is 3.55. The maximum atomic E-state index is 13.3. The molecular weight excluding hydrogens is 462 g/mol. The first-order valence-electron chi connectivity index (χ1n) is 9.61. The van der Waals surface area contributed by atoms with Crippen LogP contribution in [0.5, 0.6) is 11.5 Å². The summed E-state index contributed by atoms with van der Waals surface area (Å²) < 4.78 is 19.5. The van der Waals surface area contributed by atoms with Crippen LogP contribution in [0.25, 0.3) is 11.0 Å². The number of nitrogens with zero attached hydrogens (tertiary/aromatic N) is 2. The van der Waals surface area contributed by atoms with Gasteiger partial charge in [0.2, 0.25) is 0 Å². The van der Waals surface area contributed by atoms with E-state index in [4.69, 9.17) is 13.9 Å².